The molecule has 0 radical (unpaired) electrons. The number of methoxy groups -OCH3 is 1. The Labute approximate surface area is 161 Å². The number of hydrogen-bond acceptors (Lipinski definition) is 5. The molecular weight excluding hydrogens is 362 g/mol. The van der Waals surface area contributed by atoms with E-state index >= 15 is 0 Å². The SMILES string of the molecule is COc1c(C)cc(S(=O)(=O)NCC2CCN(c3ccccn3)CC2)cc1C. The number of piperidine rings is 1. The first-order valence-electron chi connectivity index (χ1n) is 9.21. The molecule has 1 aromatic carbocycles. The van der Waals surface area contributed by atoms with Crippen LogP contribution in [0.4, 0.5) is 5.82 Å². The Bertz CT molecular complexity index is 854. The number of pyridine rings is 1. The molecule has 7 heteroatoms. The lowest BCUT2D eigenvalue weighted by atomic mass is 9.97. The molecule has 1 aliphatic rings. The summed E-state index contributed by atoms with van der Waals surface area (Å²) in [6, 6.07) is 9.24. The summed E-state index contributed by atoms with van der Waals surface area (Å²) in [5, 5.41) is 0. The van der Waals surface area contributed by atoms with Gasteiger partial charge in [-0.15, -0.1) is 0 Å². The van der Waals surface area contributed by atoms with Gasteiger partial charge in [-0.05, 0) is 68.0 Å². The number of benzene rings is 1. The Hall–Kier alpha value is -2.12. The number of anilines is 1. The molecule has 0 amide bonds. The lowest BCUT2D eigenvalue weighted by Gasteiger charge is -2.32. The minimum absolute atomic E-state index is 0.296. The molecule has 0 atom stereocenters. The Morgan fingerprint density at radius 3 is 2.41 bits per heavy atom. The Morgan fingerprint density at radius 1 is 1.19 bits per heavy atom. The zero-order valence-electron chi connectivity index (χ0n) is 16.1. The summed E-state index contributed by atoms with van der Waals surface area (Å²) in [5.74, 6) is 2.05. The van der Waals surface area contributed by atoms with Crippen LogP contribution < -0.4 is 14.4 Å². The summed E-state index contributed by atoms with van der Waals surface area (Å²) in [4.78, 5) is 6.93. The maximum atomic E-state index is 12.7. The highest BCUT2D eigenvalue weighted by Gasteiger charge is 2.23. The van der Waals surface area contributed by atoms with Crippen LogP contribution >= 0.6 is 0 Å². The van der Waals surface area contributed by atoms with Crippen molar-refractivity contribution in [1.82, 2.24) is 9.71 Å². The minimum atomic E-state index is -3.53. The van der Waals surface area contributed by atoms with Gasteiger partial charge in [0, 0.05) is 25.8 Å². The lowest BCUT2D eigenvalue weighted by Crippen LogP contribution is -2.39. The fourth-order valence-corrected chi connectivity index (χ4v) is 4.89. The largest absolute Gasteiger partial charge is 0.496 e. The molecule has 6 nitrogen and oxygen atoms in total. The third-order valence-corrected chi connectivity index (χ3v) is 6.50. The van der Waals surface area contributed by atoms with Crippen molar-refractivity contribution >= 4 is 15.8 Å². The van der Waals surface area contributed by atoms with Crippen molar-refractivity contribution in [2.24, 2.45) is 5.92 Å². The molecule has 2 heterocycles. The lowest BCUT2D eigenvalue weighted by molar-refractivity contribution is 0.400. The van der Waals surface area contributed by atoms with E-state index in [9.17, 15) is 8.42 Å². The van der Waals surface area contributed by atoms with Gasteiger partial charge in [0.2, 0.25) is 10.0 Å². The Morgan fingerprint density at radius 2 is 1.85 bits per heavy atom. The van der Waals surface area contributed by atoms with Crippen LogP contribution in [0.1, 0.15) is 24.0 Å². The molecule has 1 aromatic heterocycles. The van der Waals surface area contributed by atoms with Gasteiger partial charge in [0.25, 0.3) is 0 Å². The van der Waals surface area contributed by atoms with Crippen molar-refractivity contribution in [3.05, 3.63) is 47.7 Å². The summed E-state index contributed by atoms with van der Waals surface area (Å²) >= 11 is 0. The highest BCUT2D eigenvalue weighted by atomic mass is 32.2. The highest BCUT2D eigenvalue weighted by molar-refractivity contribution is 7.89. The van der Waals surface area contributed by atoms with E-state index in [1.807, 2.05) is 32.0 Å². The first-order valence-corrected chi connectivity index (χ1v) is 10.7. The molecule has 27 heavy (non-hydrogen) atoms. The summed E-state index contributed by atoms with van der Waals surface area (Å²) in [5.41, 5.74) is 1.64. The quantitative estimate of drug-likeness (QED) is 0.822. The van der Waals surface area contributed by atoms with Gasteiger partial charge in [0.1, 0.15) is 11.6 Å². The van der Waals surface area contributed by atoms with Crippen molar-refractivity contribution in [2.75, 3.05) is 31.6 Å². The first-order chi connectivity index (χ1) is 12.9. The van der Waals surface area contributed by atoms with E-state index in [0.29, 0.717) is 17.4 Å². The van der Waals surface area contributed by atoms with Gasteiger partial charge in [-0.2, -0.15) is 0 Å². The van der Waals surface area contributed by atoms with E-state index in [4.69, 9.17) is 4.74 Å². The van der Waals surface area contributed by atoms with E-state index in [2.05, 4.69) is 14.6 Å². The second-order valence-corrected chi connectivity index (χ2v) is 8.83. The average molecular weight is 390 g/mol. The maximum Gasteiger partial charge on any atom is 0.240 e. The van der Waals surface area contributed by atoms with Gasteiger partial charge in [0.05, 0.1) is 12.0 Å². The van der Waals surface area contributed by atoms with Crippen molar-refractivity contribution in [3.8, 4) is 5.75 Å². The molecule has 1 N–H and O–H groups in total. The van der Waals surface area contributed by atoms with E-state index in [1.165, 1.54) is 0 Å². The zero-order valence-corrected chi connectivity index (χ0v) is 16.9. The van der Waals surface area contributed by atoms with Crippen LogP contribution in [0, 0.1) is 19.8 Å². The molecule has 1 saturated heterocycles. The molecule has 3 rings (SSSR count). The first kappa shape index (κ1) is 19.6. The fourth-order valence-electron chi connectivity index (χ4n) is 3.61. The van der Waals surface area contributed by atoms with Crippen LogP contribution in [0.2, 0.25) is 0 Å². The molecule has 0 saturated carbocycles. The number of ether oxygens (including phenoxy) is 1. The number of hydrogen-bond donors (Lipinski definition) is 1. The molecule has 0 unspecified atom stereocenters. The van der Waals surface area contributed by atoms with Crippen LogP contribution in [0.3, 0.4) is 0 Å². The zero-order chi connectivity index (χ0) is 19.4. The van der Waals surface area contributed by atoms with E-state index in [1.54, 1.807) is 25.4 Å². The molecule has 1 fully saturated rings. The van der Waals surface area contributed by atoms with Gasteiger partial charge < -0.3 is 9.64 Å². The maximum absolute atomic E-state index is 12.7. The topological polar surface area (TPSA) is 71.5 Å². The third kappa shape index (κ3) is 4.59. The van der Waals surface area contributed by atoms with Crippen LogP contribution in [0.15, 0.2) is 41.4 Å². The van der Waals surface area contributed by atoms with Crippen LogP contribution in [0.5, 0.6) is 5.75 Å². The van der Waals surface area contributed by atoms with Crippen molar-refractivity contribution in [2.45, 2.75) is 31.6 Å². The van der Waals surface area contributed by atoms with E-state index < -0.39 is 10.0 Å². The van der Waals surface area contributed by atoms with Crippen LogP contribution in [0.25, 0.3) is 0 Å². The van der Waals surface area contributed by atoms with Crippen molar-refractivity contribution in [1.29, 1.82) is 0 Å². The van der Waals surface area contributed by atoms with Crippen LogP contribution in [-0.4, -0.2) is 40.1 Å². The number of nitrogens with one attached hydrogen (secondary N) is 1. The molecule has 146 valence electrons. The number of aryl methyl sites for hydroxylation is 2. The van der Waals surface area contributed by atoms with E-state index in [-0.39, 0.29) is 0 Å². The number of nitrogens with zero attached hydrogens (tertiary/aromatic N) is 2. The molecular formula is C20H27N3O3S. The minimum Gasteiger partial charge on any atom is -0.496 e. The molecule has 0 aliphatic carbocycles. The van der Waals surface area contributed by atoms with Crippen molar-refractivity contribution < 1.29 is 13.2 Å². The van der Waals surface area contributed by atoms with Gasteiger partial charge in [0.15, 0.2) is 0 Å². The standard InChI is InChI=1S/C20H27N3O3S/c1-15-12-18(13-16(2)20(15)26-3)27(24,25)22-14-17-7-10-23(11-8-17)19-6-4-5-9-21-19/h4-6,9,12-13,17,22H,7-8,10-11,14H2,1-3H3. The summed E-state index contributed by atoms with van der Waals surface area (Å²) in [6.45, 7) is 5.97. The smallest absolute Gasteiger partial charge is 0.240 e. The molecule has 0 bridgehead atoms. The van der Waals surface area contributed by atoms with Gasteiger partial charge in [-0.25, -0.2) is 18.1 Å². The summed E-state index contributed by atoms with van der Waals surface area (Å²) in [7, 11) is -1.93. The highest BCUT2D eigenvalue weighted by Crippen LogP contribution is 2.27. The van der Waals surface area contributed by atoms with Gasteiger partial charge in [-0.1, -0.05) is 6.07 Å². The molecule has 2 aromatic rings. The number of aromatic nitrogens is 1. The summed E-state index contributed by atoms with van der Waals surface area (Å²) < 4.78 is 33.5. The molecule has 1 aliphatic heterocycles. The van der Waals surface area contributed by atoms with Crippen molar-refractivity contribution in [3.63, 3.8) is 0 Å². The van der Waals surface area contributed by atoms with E-state index in [0.717, 1.165) is 48.6 Å². The Balaban J connectivity index is 1.59. The van der Waals surface area contributed by atoms with Gasteiger partial charge >= 0.3 is 0 Å². The third-order valence-electron chi connectivity index (χ3n) is 5.10. The second-order valence-electron chi connectivity index (χ2n) is 7.06. The number of sulfonamides is 1. The number of rotatable bonds is 6. The monoisotopic (exact) mass is 389 g/mol. The normalized spacial score (nSPS) is 15.7. The summed E-state index contributed by atoms with van der Waals surface area (Å²) in [6.07, 6.45) is 3.69. The van der Waals surface area contributed by atoms with Gasteiger partial charge in [-0.3, -0.25) is 0 Å². The predicted molar refractivity (Wildman–Crippen MR) is 107 cm³/mol. The second kappa shape index (κ2) is 8.27. The molecule has 0 spiro atoms. The Kier molecular flexibility index (Phi) is 6.01. The van der Waals surface area contributed by atoms with Crippen LogP contribution in [-0.2, 0) is 10.0 Å². The average Bonchev–Trinajstić information content (AvgIpc) is 2.67. The fraction of sp³-hybridized carbons (Fsp3) is 0.450. The predicted octanol–water partition coefficient (Wildman–Crippen LogP) is 2.90.